The minimum Gasteiger partial charge on any atom is -0.480 e. The van der Waals surface area contributed by atoms with Gasteiger partial charge in [-0.2, -0.15) is 0 Å². The first-order valence-electron chi connectivity index (χ1n) is 9.99. The molecule has 30 heavy (non-hydrogen) atoms. The molecule has 2 aromatic carbocycles. The normalized spacial score (nSPS) is 14.2. The molecule has 2 amide bonds. The highest BCUT2D eigenvalue weighted by molar-refractivity contribution is 5.89. The van der Waals surface area contributed by atoms with Gasteiger partial charge in [0.15, 0.2) is 0 Å². The summed E-state index contributed by atoms with van der Waals surface area (Å²) in [6.45, 7) is 5.01. The molecule has 3 rings (SSSR count). The van der Waals surface area contributed by atoms with E-state index in [1.165, 1.54) is 18.7 Å². The van der Waals surface area contributed by atoms with Gasteiger partial charge in [-0.25, -0.2) is 9.59 Å². The summed E-state index contributed by atoms with van der Waals surface area (Å²) in [7, 11) is 0. The number of fused-ring (bicyclic) bond motifs is 3. The van der Waals surface area contributed by atoms with Crippen LogP contribution in [0, 0.1) is 0 Å². The second-order valence-corrected chi connectivity index (χ2v) is 7.33. The van der Waals surface area contributed by atoms with Gasteiger partial charge in [0.25, 0.3) is 0 Å². The van der Waals surface area contributed by atoms with Crippen LogP contribution in [0.1, 0.15) is 37.8 Å². The van der Waals surface area contributed by atoms with Crippen LogP contribution < -0.4 is 5.32 Å². The van der Waals surface area contributed by atoms with Gasteiger partial charge in [-0.3, -0.25) is 4.79 Å². The number of benzene rings is 2. The van der Waals surface area contributed by atoms with Crippen LogP contribution in [-0.4, -0.2) is 53.2 Å². The van der Waals surface area contributed by atoms with Crippen molar-refractivity contribution in [2.75, 3.05) is 13.2 Å². The van der Waals surface area contributed by atoms with Crippen molar-refractivity contribution in [1.82, 2.24) is 10.2 Å². The lowest BCUT2D eigenvalue weighted by Gasteiger charge is -2.28. The minimum absolute atomic E-state index is 0.0756. The standard InChI is InChI=1S/C23H26N2O5/c1-4-25(15(3)22(27)28)21(26)14(2)24-23(29)30-13-20-18-11-7-5-9-16(18)17-10-6-8-12-19(17)20/h5-12,14-15,20H,4,13H2,1-3H3,(H,24,29)(H,27,28)/t14-,15?/m1/s1. The molecule has 0 saturated heterocycles. The van der Waals surface area contributed by atoms with Crippen LogP contribution in [0.2, 0.25) is 0 Å². The second kappa shape index (κ2) is 8.98. The molecule has 7 nitrogen and oxygen atoms in total. The van der Waals surface area contributed by atoms with E-state index in [1.807, 2.05) is 36.4 Å². The van der Waals surface area contributed by atoms with Crippen LogP contribution >= 0.6 is 0 Å². The number of carbonyl (C=O) groups is 3. The molecule has 0 spiro atoms. The van der Waals surface area contributed by atoms with E-state index in [9.17, 15) is 14.4 Å². The maximum atomic E-state index is 12.5. The first-order valence-corrected chi connectivity index (χ1v) is 9.99. The molecule has 0 aromatic heterocycles. The summed E-state index contributed by atoms with van der Waals surface area (Å²) in [5.74, 6) is -1.65. The zero-order valence-corrected chi connectivity index (χ0v) is 17.3. The predicted octanol–water partition coefficient (Wildman–Crippen LogP) is 3.24. The topological polar surface area (TPSA) is 95.9 Å². The Labute approximate surface area is 175 Å². The number of carboxylic acid groups (broad SMARTS) is 1. The van der Waals surface area contributed by atoms with E-state index in [4.69, 9.17) is 9.84 Å². The fourth-order valence-corrected chi connectivity index (χ4v) is 3.88. The second-order valence-electron chi connectivity index (χ2n) is 7.33. The summed E-state index contributed by atoms with van der Waals surface area (Å²) >= 11 is 0. The number of carboxylic acids is 1. The highest BCUT2D eigenvalue weighted by atomic mass is 16.5. The zero-order chi connectivity index (χ0) is 21.8. The van der Waals surface area contributed by atoms with E-state index in [-0.39, 0.29) is 19.1 Å². The van der Waals surface area contributed by atoms with Crippen LogP contribution in [0.5, 0.6) is 0 Å². The van der Waals surface area contributed by atoms with Gasteiger partial charge in [-0.05, 0) is 43.0 Å². The Balaban J connectivity index is 1.64. The van der Waals surface area contributed by atoms with Gasteiger partial charge in [-0.15, -0.1) is 0 Å². The molecule has 0 aliphatic heterocycles. The van der Waals surface area contributed by atoms with Gasteiger partial charge in [0.05, 0.1) is 0 Å². The molecule has 2 aromatic rings. The lowest BCUT2D eigenvalue weighted by molar-refractivity contribution is -0.149. The highest BCUT2D eigenvalue weighted by Crippen LogP contribution is 2.44. The van der Waals surface area contributed by atoms with Crippen LogP contribution in [0.4, 0.5) is 4.79 Å². The summed E-state index contributed by atoms with van der Waals surface area (Å²) in [5.41, 5.74) is 4.46. The van der Waals surface area contributed by atoms with Crippen molar-refractivity contribution in [3.63, 3.8) is 0 Å². The maximum absolute atomic E-state index is 12.5. The molecule has 0 radical (unpaired) electrons. The lowest BCUT2D eigenvalue weighted by atomic mass is 9.98. The minimum atomic E-state index is -1.10. The first-order chi connectivity index (χ1) is 14.3. The van der Waals surface area contributed by atoms with Crippen LogP contribution in [0.3, 0.4) is 0 Å². The Hall–Kier alpha value is -3.35. The summed E-state index contributed by atoms with van der Waals surface area (Å²) in [5, 5.41) is 11.7. The molecular weight excluding hydrogens is 384 g/mol. The number of rotatable bonds is 7. The van der Waals surface area contributed by atoms with E-state index >= 15 is 0 Å². The number of alkyl carbamates (subject to hydrolysis) is 1. The largest absolute Gasteiger partial charge is 0.480 e. The number of amides is 2. The van der Waals surface area contributed by atoms with Crippen LogP contribution in [-0.2, 0) is 14.3 Å². The number of carbonyl (C=O) groups excluding carboxylic acids is 2. The van der Waals surface area contributed by atoms with Crippen LogP contribution in [0.15, 0.2) is 48.5 Å². The number of ether oxygens (including phenoxy) is 1. The van der Waals surface area contributed by atoms with Crippen molar-refractivity contribution < 1.29 is 24.2 Å². The molecule has 2 N–H and O–H groups in total. The number of hydrogen-bond donors (Lipinski definition) is 2. The Bertz CT molecular complexity index is 913. The summed E-state index contributed by atoms with van der Waals surface area (Å²) in [6, 6.07) is 14.2. The van der Waals surface area contributed by atoms with E-state index in [0.29, 0.717) is 0 Å². The number of likely N-dealkylation sites (N-methyl/N-ethyl adjacent to an activating group) is 1. The lowest BCUT2D eigenvalue weighted by Crippen LogP contribution is -2.52. The van der Waals surface area contributed by atoms with Gasteiger partial charge >= 0.3 is 12.1 Å². The number of aliphatic carboxylic acids is 1. The molecule has 2 atom stereocenters. The van der Waals surface area contributed by atoms with Gasteiger partial charge in [0, 0.05) is 12.5 Å². The van der Waals surface area contributed by atoms with E-state index < -0.39 is 30.1 Å². The van der Waals surface area contributed by atoms with Gasteiger partial charge in [0.1, 0.15) is 18.7 Å². The van der Waals surface area contributed by atoms with Crippen molar-refractivity contribution in [2.45, 2.75) is 38.8 Å². The van der Waals surface area contributed by atoms with E-state index in [2.05, 4.69) is 17.4 Å². The third kappa shape index (κ3) is 4.15. The van der Waals surface area contributed by atoms with Crippen molar-refractivity contribution >= 4 is 18.0 Å². The van der Waals surface area contributed by atoms with Crippen molar-refractivity contribution in [3.05, 3.63) is 59.7 Å². The van der Waals surface area contributed by atoms with Gasteiger partial charge < -0.3 is 20.1 Å². The molecule has 1 aliphatic carbocycles. The van der Waals surface area contributed by atoms with E-state index in [1.54, 1.807) is 6.92 Å². The average Bonchev–Trinajstić information content (AvgIpc) is 3.06. The number of nitrogens with zero attached hydrogens (tertiary/aromatic N) is 1. The molecule has 0 fully saturated rings. The molecule has 0 saturated carbocycles. The summed E-state index contributed by atoms with van der Waals surface area (Å²) in [4.78, 5) is 37.3. The Morgan fingerprint density at radius 3 is 2.07 bits per heavy atom. The molecule has 1 aliphatic rings. The monoisotopic (exact) mass is 410 g/mol. The molecular formula is C23H26N2O5. The predicted molar refractivity (Wildman–Crippen MR) is 112 cm³/mol. The third-order valence-electron chi connectivity index (χ3n) is 5.50. The first kappa shape index (κ1) is 21.4. The molecule has 0 heterocycles. The van der Waals surface area contributed by atoms with Crippen molar-refractivity contribution in [3.8, 4) is 11.1 Å². The Morgan fingerprint density at radius 1 is 1.03 bits per heavy atom. The highest BCUT2D eigenvalue weighted by Gasteiger charge is 2.31. The van der Waals surface area contributed by atoms with Crippen molar-refractivity contribution in [2.24, 2.45) is 0 Å². The molecule has 1 unspecified atom stereocenters. The fourth-order valence-electron chi connectivity index (χ4n) is 3.88. The SMILES string of the molecule is CCN(C(=O)[C@@H](C)NC(=O)OCC1c2ccccc2-c2ccccc21)C(C)C(=O)O. The number of hydrogen-bond acceptors (Lipinski definition) is 4. The molecule has 7 heteroatoms. The number of nitrogens with one attached hydrogen (secondary N) is 1. The average molecular weight is 410 g/mol. The van der Waals surface area contributed by atoms with Gasteiger partial charge in [-0.1, -0.05) is 48.5 Å². The van der Waals surface area contributed by atoms with Gasteiger partial charge in [0.2, 0.25) is 5.91 Å². The van der Waals surface area contributed by atoms with E-state index in [0.717, 1.165) is 22.3 Å². The Morgan fingerprint density at radius 2 is 1.57 bits per heavy atom. The summed E-state index contributed by atoms with van der Waals surface area (Å²) < 4.78 is 5.44. The smallest absolute Gasteiger partial charge is 0.407 e. The maximum Gasteiger partial charge on any atom is 0.407 e. The third-order valence-corrected chi connectivity index (χ3v) is 5.50. The van der Waals surface area contributed by atoms with Crippen LogP contribution in [0.25, 0.3) is 11.1 Å². The van der Waals surface area contributed by atoms with Crippen molar-refractivity contribution in [1.29, 1.82) is 0 Å². The fraction of sp³-hybridized carbons (Fsp3) is 0.348. The quantitative estimate of drug-likeness (QED) is 0.731. The Kier molecular flexibility index (Phi) is 6.40. The zero-order valence-electron chi connectivity index (χ0n) is 17.3. The summed E-state index contributed by atoms with van der Waals surface area (Å²) in [6.07, 6.45) is -0.711. The molecule has 158 valence electrons. The molecule has 0 bridgehead atoms.